The number of hydrogen-bond donors (Lipinski definition) is 1. The Balaban J connectivity index is 2.15. The summed E-state index contributed by atoms with van der Waals surface area (Å²) < 4.78 is 13.2. The van der Waals surface area contributed by atoms with Gasteiger partial charge in [-0.15, -0.1) is 0 Å². The first-order chi connectivity index (χ1) is 12.8. The number of rotatable bonds is 6. The van der Waals surface area contributed by atoms with Crippen LogP contribution in [0.2, 0.25) is 0 Å². The first kappa shape index (κ1) is 20.6. The molecule has 0 aliphatic carbocycles. The molecule has 0 heterocycles. The van der Waals surface area contributed by atoms with Crippen LogP contribution in [0.15, 0.2) is 54.6 Å². The summed E-state index contributed by atoms with van der Waals surface area (Å²) in [4.78, 5) is 26.9. The Kier molecular flexibility index (Phi) is 7.11. The van der Waals surface area contributed by atoms with Crippen molar-refractivity contribution in [2.24, 2.45) is 5.92 Å². The molecule has 2 atom stereocenters. The van der Waals surface area contributed by atoms with Gasteiger partial charge in [0.25, 0.3) is 0 Å². The van der Waals surface area contributed by atoms with Crippen LogP contribution in [0, 0.1) is 11.7 Å². The highest BCUT2D eigenvalue weighted by Gasteiger charge is 2.28. The first-order valence-corrected chi connectivity index (χ1v) is 9.27. The van der Waals surface area contributed by atoms with E-state index in [1.807, 2.05) is 58.0 Å². The number of halogens is 1. The molecule has 0 aromatic heterocycles. The van der Waals surface area contributed by atoms with Gasteiger partial charge in [0.1, 0.15) is 5.82 Å². The van der Waals surface area contributed by atoms with E-state index in [2.05, 4.69) is 5.32 Å². The number of benzene rings is 2. The molecule has 144 valence electrons. The second kappa shape index (κ2) is 9.31. The molecule has 1 N–H and O–H groups in total. The number of likely N-dealkylation sites (N-methyl/N-ethyl adjacent to an activating group) is 1. The Hall–Kier alpha value is -2.69. The van der Waals surface area contributed by atoms with Crippen LogP contribution >= 0.6 is 0 Å². The van der Waals surface area contributed by atoms with Crippen molar-refractivity contribution in [2.75, 3.05) is 6.54 Å². The van der Waals surface area contributed by atoms with E-state index >= 15 is 0 Å². The highest BCUT2D eigenvalue weighted by atomic mass is 19.1. The summed E-state index contributed by atoms with van der Waals surface area (Å²) in [6.45, 7) is 8.03. The standard InChI is InChI=1S/C22H27FN2O2/c1-5-25(16(4)17-11-13-19(23)14-12-17)22(27)21(26)24-20(15(2)3)18-9-7-6-8-10-18/h6-16,20H,5H2,1-4H3,(H,24,26)/t16-,20+/m0/s1. The average Bonchev–Trinajstić information content (AvgIpc) is 2.67. The van der Waals surface area contributed by atoms with Crippen molar-refractivity contribution in [3.63, 3.8) is 0 Å². The predicted octanol–water partition coefficient (Wildman–Crippen LogP) is 4.25. The fourth-order valence-electron chi connectivity index (χ4n) is 3.14. The maximum Gasteiger partial charge on any atom is 0.312 e. The lowest BCUT2D eigenvalue weighted by Crippen LogP contribution is -2.45. The molecule has 2 rings (SSSR count). The lowest BCUT2D eigenvalue weighted by atomic mass is 9.96. The second-order valence-corrected chi connectivity index (χ2v) is 6.92. The van der Waals surface area contributed by atoms with Gasteiger partial charge in [0.05, 0.1) is 12.1 Å². The molecule has 2 amide bonds. The zero-order chi connectivity index (χ0) is 20.0. The Morgan fingerprint density at radius 1 is 0.963 bits per heavy atom. The number of carbonyl (C=O) groups is 2. The summed E-state index contributed by atoms with van der Waals surface area (Å²) in [7, 11) is 0. The van der Waals surface area contributed by atoms with E-state index in [9.17, 15) is 14.0 Å². The Morgan fingerprint density at radius 2 is 1.56 bits per heavy atom. The molecule has 0 aliphatic rings. The fourth-order valence-corrected chi connectivity index (χ4v) is 3.14. The van der Waals surface area contributed by atoms with Crippen LogP contribution in [-0.4, -0.2) is 23.3 Å². The SMILES string of the molecule is CCN(C(=O)C(=O)N[C@@H](c1ccccc1)C(C)C)[C@@H](C)c1ccc(F)cc1. The van der Waals surface area contributed by atoms with Crippen LogP contribution in [0.5, 0.6) is 0 Å². The smallest absolute Gasteiger partial charge is 0.312 e. The molecular weight excluding hydrogens is 343 g/mol. The minimum absolute atomic E-state index is 0.133. The summed E-state index contributed by atoms with van der Waals surface area (Å²) >= 11 is 0. The van der Waals surface area contributed by atoms with Gasteiger partial charge in [-0.2, -0.15) is 0 Å². The van der Waals surface area contributed by atoms with Gasteiger partial charge < -0.3 is 10.2 Å². The lowest BCUT2D eigenvalue weighted by Gasteiger charge is -2.29. The summed E-state index contributed by atoms with van der Waals surface area (Å²) in [5, 5.41) is 2.87. The monoisotopic (exact) mass is 370 g/mol. The third-order valence-electron chi connectivity index (χ3n) is 4.73. The molecule has 0 bridgehead atoms. The van der Waals surface area contributed by atoms with Crippen LogP contribution in [0.3, 0.4) is 0 Å². The third kappa shape index (κ3) is 5.16. The molecule has 2 aromatic carbocycles. The quantitative estimate of drug-likeness (QED) is 0.773. The fraction of sp³-hybridized carbons (Fsp3) is 0.364. The van der Waals surface area contributed by atoms with Gasteiger partial charge in [0.2, 0.25) is 0 Å². The Bertz CT molecular complexity index is 760. The van der Waals surface area contributed by atoms with Crippen molar-refractivity contribution in [1.82, 2.24) is 10.2 Å². The predicted molar refractivity (Wildman–Crippen MR) is 104 cm³/mol. The molecule has 0 aliphatic heterocycles. The van der Waals surface area contributed by atoms with Crippen molar-refractivity contribution in [3.05, 3.63) is 71.5 Å². The van der Waals surface area contributed by atoms with E-state index < -0.39 is 11.8 Å². The Morgan fingerprint density at radius 3 is 2.07 bits per heavy atom. The average molecular weight is 370 g/mol. The van der Waals surface area contributed by atoms with E-state index in [0.717, 1.165) is 11.1 Å². The topological polar surface area (TPSA) is 49.4 Å². The van der Waals surface area contributed by atoms with Crippen LogP contribution < -0.4 is 5.32 Å². The summed E-state index contributed by atoms with van der Waals surface area (Å²) in [6, 6.07) is 15.0. The number of hydrogen-bond acceptors (Lipinski definition) is 2. The molecule has 0 saturated carbocycles. The van der Waals surface area contributed by atoms with Gasteiger partial charge >= 0.3 is 11.8 Å². The molecule has 2 aromatic rings. The number of amides is 2. The normalized spacial score (nSPS) is 13.1. The maximum atomic E-state index is 13.2. The van der Waals surface area contributed by atoms with E-state index in [4.69, 9.17) is 0 Å². The summed E-state index contributed by atoms with van der Waals surface area (Å²) in [5.74, 6) is -1.42. The van der Waals surface area contributed by atoms with Crippen molar-refractivity contribution in [2.45, 2.75) is 39.8 Å². The highest BCUT2D eigenvalue weighted by Crippen LogP contribution is 2.23. The van der Waals surface area contributed by atoms with Crippen molar-refractivity contribution < 1.29 is 14.0 Å². The van der Waals surface area contributed by atoms with Gasteiger partial charge in [0, 0.05) is 6.54 Å². The summed E-state index contributed by atoms with van der Waals surface area (Å²) in [6.07, 6.45) is 0. The zero-order valence-electron chi connectivity index (χ0n) is 16.3. The van der Waals surface area contributed by atoms with Crippen molar-refractivity contribution in [3.8, 4) is 0 Å². The van der Waals surface area contributed by atoms with Crippen LogP contribution in [0.4, 0.5) is 4.39 Å². The molecule has 0 spiro atoms. The minimum atomic E-state index is -0.631. The van der Waals surface area contributed by atoms with Crippen molar-refractivity contribution >= 4 is 11.8 Å². The van der Waals surface area contributed by atoms with Crippen LogP contribution in [-0.2, 0) is 9.59 Å². The van der Waals surface area contributed by atoms with E-state index in [1.54, 1.807) is 12.1 Å². The zero-order valence-corrected chi connectivity index (χ0v) is 16.3. The molecule has 0 radical (unpaired) electrons. The molecular formula is C22H27FN2O2. The molecule has 0 fully saturated rings. The van der Waals surface area contributed by atoms with Crippen molar-refractivity contribution in [1.29, 1.82) is 0 Å². The van der Waals surface area contributed by atoms with Gasteiger partial charge in [-0.05, 0) is 43.0 Å². The maximum absolute atomic E-state index is 13.2. The molecule has 0 saturated heterocycles. The summed E-state index contributed by atoms with van der Waals surface area (Å²) in [5.41, 5.74) is 1.74. The minimum Gasteiger partial charge on any atom is -0.341 e. The van der Waals surface area contributed by atoms with E-state index in [-0.39, 0.29) is 23.8 Å². The second-order valence-electron chi connectivity index (χ2n) is 6.92. The van der Waals surface area contributed by atoms with Crippen LogP contribution in [0.1, 0.15) is 50.9 Å². The molecule has 0 unspecified atom stereocenters. The lowest BCUT2D eigenvalue weighted by molar-refractivity contribution is -0.147. The van der Waals surface area contributed by atoms with E-state index in [0.29, 0.717) is 6.54 Å². The van der Waals surface area contributed by atoms with E-state index in [1.165, 1.54) is 17.0 Å². The van der Waals surface area contributed by atoms with Gasteiger partial charge in [-0.1, -0.05) is 56.3 Å². The van der Waals surface area contributed by atoms with Gasteiger partial charge in [0.15, 0.2) is 0 Å². The molecule has 4 nitrogen and oxygen atoms in total. The molecule has 5 heteroatoms. The molecule has 27 heavy (non-hydrogen) atoms. The van der Waals surface area contributed by atoms with Crippen LogP contribution in [0.25, 0.3) is 0 Å². The largest absolute Gasteiger partial charge is 0.341 e. The van der Waals surface area contributed by atoms with Gasteiger partial charge in [-0.25, -0.2) is 4.39 Å². The van der Waals surface area contributed by atoms with Gasteiger partial charge in [-0.3, -0.25) is 9.59 Å². The number of nitrogens with zero attached hydrogens (tertiary/aromatic N) is 1. The third-order valence-corrected chi connectivity index (χ3v) is 4.73. The number of carbonyl (C=O) groups excluding carboxylic acids is 2. The number of nitrogens with one attached hydrogen (secondary N) is 1. The Labute approximate surface area is 160 Å². The first-order valence-electron chi connectivity index (χ1n) is 9.27. The highest BCUT2D eigenvalue weighted by molar-refractivity contribution is 6.35.